The fourth-order valence-electron chi connectivity index (χ4n) is 4.06. The summed E-state index contributed by atoms with van der Waals surface area (Å²) in [5.41, 5.74) is 9.23. The minimum atomic E-state index is -0.370. The van der Waals surface area contributed by atoms with Crippen LogP contribution in [0.3, 0.4) is 0 Å². The van der Waals surface area contributed by atoms with Crippen LogP contribution in [0.15, 0.2) is 48.5 Å². The van der Waals surface area contributed by atoms with Crippen LogP contribution < -0.4 is 5.73 Å². The lowest BCUT2D eigenvalue weighted by molar-refractivity contribution is 0.0998. The summed E-state index contributed by atoms with van der Waals surface area (Å²) >= 11 is 0. The van der Waals surface area contributed by atoms with E-state index in [1.807, 2.05) is 30.3 Å². The molecule has 1 aliphatic rings. The maximum Gasteiger partial charge on any atom is 0.248 e. The number of hydrogen-bond donors (Lipinski definition) is 1. The van der Waals surface area contributed by atoms with Crippen LogP contribution in [0.1, 0.15) is 47.3 Å². The molecule has 0 saturated carbocycles. The van der Waals surface area contributed by atoms with E-state index in [-0.39, 0.29) is 11.3 Å². The van der Waals surface area contributed by atoms with Gasteiger partial charge in [-0.1, -0.05) is 38.1 Å². The Kier molecular flexibility index (Phi) is 5.62. The molecule has 0 spiro atoms. The van der Waals surface area contributed by atoms with Crippen molar-refractivity contribution in [3.8, 4) is 6.07 Å². The number of primary amides is 1. The van der Waals surface area contributed by atoms with Gasteiger partial charge in [-0.25, -0.2) is 0 Å². The van der Waals surface area contributed by atoms with E-state index in [9.17, 15) is 4.79 Å². The highest BCUT2D eigenvalue weighted by molar-refractivity contribution is 5.92. The average molecular weight is 361 g/mol. The summed E-state index contributed by atoms with van der Waals surface area (Å²) in [6.07, 6.45) is 2.00. The van der Waals surface area contributed by atoms with Crippen molar-refractivity contribution in [2.24, 2.45) is 11.7 Å². The van der Waals surface area contributed by atoms with Crippen molar-refractivity contribution in [2.45, 2.75) is 32.1 Å². The van der Waals surface area contributed by atoms with E-state index in [0.29, 0.717) is 11.5 Å². The Labute approximate surface area is 161 Å². The summed E-state index contributed by atoms with van der Waals surface area (Å²) in [5, 5.41) is 9.04. The van der Waals surface area contributed by atoms with Crippen molar-refractivity contribution in [3.63, 3.8) is 0 Å². The number of hydrogen-bond acceptors (Lipinski definition) is 3. The summed E-state index contributed by atoms with van der Waals surface area (Å²) in [6, 6.07) is 17.9. The highest BCUT2D eigenvalue weighted by Gasteiger charge is 2.38. The lowest BCUT2D eigenvalue weighted by Gasteiger charge is -2.45. The molecular weight excluding hydrogens is 334 g/mol. The second-order valence-electron chi connectivity index (χ2n) is 7.88. The van der Waals surface area contributed by atoms with Gasteiger partial charge in [-0.3, -0.25) is 4.79 Å². The number of carbonyl (C=O) groups excluding carboxylic acids is 1. The van der Waals surface area contributed by atoms with Gasteiger partial charge in [0.05, 0.1) is 11.6 Å². The molecule has 27 heavy (non-hydrogen) atoms. The predicted molar refractivity (Wildman–Crippen MR) is 107 cm³/mol. The van der Waals surface area contributed by atoms with Crippen molar-refractivity contribution >= 4 is 5.91 Å². The molecule has 0 aliphatic carbocycles. The molecule has 0 unspecified atom stereocenters. The van der Waals surface area contributed by atoms with Crippen LogP contribution in [-0.4, -0.2) is 30.4 Å². The van der Waals surface area contributed by atoms with Gasteiger partial charge in [-0.05, 0) is 66.1 Å². The summed E-state index contributed by atoms with van der Waals surface area (Å²) in [6.45, 7) is 7.64. The van der Waals surface area contributed by atoms with Gasteiger partial charge in [-0.15, -0.1) is 0 Å². The number of carbonyl (C=O) groups is 1. The Morgan fingerprint density at radius 1 is 1.30 bits per heavy atom. The van der Waals surface area contributed by atoms with Crippen molar-refractivity contribution in [2.75, 3.05) is 19.6 Å². The van der Waals surface area contributed by atoms with Gasteiger partial charge < -0.3 is 10.6 Å². The molecule has 1 heterocycles. The Bertz CT molecular complexity index is 870. The van der Waals surface area contributed by atoms with Crippen LogP contribution in [0, 0.1) is 17.2 Å². The molecule has 4 nitrogen and oxygen atoms in total. The van der Waals surface area contributed by atoms with Gasteiger partial charge in [0.1, 0.15) is 0 Å². The lowest BCUT2D eigenvalue weighted by Crippen LogP contribution is -2.47. The maximum atomic E-state index is 11.5. The van der Waals surface area contributed by atoms with Gasteiger partial charge in [-0.2, -0.15) is 5.26 Å². The van der Waals surface area contributed by atoms with E-state index in [1.54, 1.807) is 6.07 Å². The molecule has 4 heteroatoms. The molecule has 3 rings (SSSR count). The third-order valence-electron chi connectivity index (χ3n) is 6.15. The molecule has 1 saturated heterocycles. The third-order valence-corrected chi connectivity index (χ3v) is 6.15. The molecule has 140 valence electrons. The number of nitrogens with two attached hydrogens (primary N) is 1. The fourth-order valence-corrected chi connectivity index (χ4v) is 4.06. The van der Waals surface area contributed by atoms with E-state index in [4.69, 9.17) is 11.0 Å². The Balaban J connectivity index is 1.65. The Morgan fingerprint density at radius 3 is 2.78 bits per heavy atom. The minimum absolute atomic E-state index is 0.0443. The first-order valence-electron chi connectivity index (χ1n) is 9.54. The smallest absolute Gasteiger partial charge is 0.248 e. The first-order chi connectivity index (χ1) is 12.9. The number of amides is 1. The topological polar surface area (TPSA) is 70.1 Å². The Hall–Kier alpha value is -2.64. The molecule has 2 atom stereocenters. The van der Waals surface area contributed by atoms with Crippen LogP contribution in [-0.2, 0) is 11.8 Å². The molecule has 1 fully saturated rings. The zero-order chi connectivity index (χ0) is 19.4. The number of benzene rings is 2. The zero-order valence-electron chi connectivity index (χ0n) is 16.1. The highest BCUT2D eigenvalue weighted by atomic mass is 16.1. The van der Waals surface area contributed by atoms with Crippen molar-refractivity contribution < 1.29 is 4.79 Å². The number of rotatable bonds is 5. The molecule has 0 aromatic heterocycles. The number of nitriles is 1. The van der Waals surface area contributed by atoms with E-state index >= 15 is 0 Å². The monoisotopic (exact) mass is 361 g/mol. The molecule has 0 radical (unpaired) electrons. The van der Waals surface area contributed by atoms with Crippen LogP contribution in [0.25, 0.3) is 0 Å². The molecule has 2 aromatic rings. The van der Waals surface area contributed by atoms with E-state index < -0.39 is 0 Å². The van der Waals surface area contributed by atoms with Crippen LogP contribution in [0.4, 0.5) is 0 Å². The molecule has 1 amide bonds. The first-order valence-corrected chi connectivity index (χ1v) is 9.54. The maximum absolute atomic E-state index is 11.5. The standard InChI is InChI=1S/C23H27N3O/c1-17-16-26(11-9-18-5-3-6-19(13-18)15-24)12-10-23(17,2)21-8-4-7-20(14-21)22(25)27/h3-8,13-14,17H,9-12,16H2,1-2H3,(H2,25,27)/t17-,23-/m0/s1. The van der Waals surface area contributed by atoms with Gasteiger partial charge in [0.15, 0.2) is 0 Å². The molecule has 0 bridgehead atoms. The highest BCUT2D eigenvalue weighted by Crippen LogP contribution is 2.39. The van der Waals surface area contributed by atoms with E-state index in [0.717, 1.165) is 38.0 Å². The van der Waals surface area contributed by atoms with Gasteiger partial charge in [0.25, 0.3) is 0 Å². The summed E-state index contributed by atoms with van der Waals surface area (Å²) in [7, 11) is 0. The quantitative estimate of drug-likeness (QED) is 0.886. The summed E-state index contributed by atoms with van der Waals surface area (Å²) in [5.74, 6) is 0.102. The third kappa shape index (κ3) is 4.20. The van der Waals surface area contributed by atoms with E-state index in [2.05, 4.69) is 36.9 Å². The molecule has 2 aromatic carbocycles. The number of piperidine rings is 1. The van der Waals surface area contributed by atoms with Gasteiger partial charge >= 0.3 is 0 Å². The minimum Gasteiger partial charge on any atom is -0.366 e. The first kappa shape index (κ1) is 19.1. The van der Waals surface area contributed by atoms with Gasteiger partial charge in [0, 0.05) is 18.7 Å². The zero-order valence-corrected chi connectivity index (χ0v) is 16.1. The van der Waals surface area contributed by atoms with Crippen LogP contribution in [0.2, 0.25) is 0 Å². The van der Waals surface area contributed by atoms with Gasteiger partial charge in [0.2, 0.25) is 5.91 Å². The predicted octanol–water partition coefficient (Wildman–Crippen LogP) is 3.50. The summed E-state index contributed by atoms with van der Waals surface area (Å²) < 4.78 is 0. The molecular formula is C23H27N3O. The van der Waals surface area contributed by atoms with Crippen molar-refractivity contribution in [3.05, 3.63) is 70.8 Å². The van der Waals surface area contributed by atoms with Crippen molar-refractivity contribution in [1.82, 2.24) is 4.90 Å². The normalized spacial score (nSPS) is 22.9. The second kappa shape index (κ2) is 7.94. The fraction of sp³-hybridized carbons (Fsp3) is 0.391. The average Bonchev–Trinajstić information content (AvgIpc) is 2.69. The Morgan fingerprint density at radius 2 is 2.07 bits per heavy atom. The second-order valence-corrected chi connectivity index (χ2v) is 7.88. The summed E-state index contributed by atoms with van der Waals surface area (Å²) in [4.78, 5) is 14.0. The van der Waals surface area contributed by atoms with Crippen LogP contribution in [0.5, 0.6) is 0 Å². The van der Waals surface area contributed by atoms with Crippen molar-refractivity contribution in [1.29, 1.82) is 5.26 Å². The number of nitrogens with zero attached hydrogens (tertiary/aromatic N) is 2. The van der Waals surface area contributed by atoms with Crippen LogP contribution >= 0.6 is 0 Å². The molecule has 2 N–H and O–H groups in total. The number of likely N-dealkylation sites (tertiary alicyclic amines) is 1. The largest absolute Gasteiger partial charge is 0.366 e. The SMILES string of the molecule is C[C@H]1CN(CCc2cccc(C#N)c2)CC[C@]1(C)c1cccc(C(N)=O)c1. The van der Waals surface area contributed by atoms with E-state index in [1.165, 1.54) is 11.1 Å². The lowest BCUT2D eigenvalue weighted by atomic mass is 9.68. The molecule has 1 aliphatic heterocycles.